The van der Waals surface area contributed by atoms with Gasteiger partial charge >= 0.3 is 0 Å². The lowest BCUT2D eigenvalue weighted by atomic mass is 10.1. The summed E-state index contributed by atoms with van der Waals surface area (Å²) in [7, 11) is 0. The minimum atomic E-state index is 0.550. The zero-order valence-corrected chi connectivity index (χ0v) is 10.4. The van der Waals surface area contributed by atoms with Gasteiger partial charge in [0.2, 0.25) is 0 Å². The van der Waals surface area contributed by atoms with Gasteiger partial charge in [0.05, 0.1) is 6.61 Å². The molecule has 1 aromatic rings. The highest BCUT2D eigenvalue weighted by Gasteiger charge is 2.20. The van der Waals surface area contributed by atoms with Gasteiger partial charge < -0.3 is 10.1 Å². The number of fused-ring (bicyclic) bond motifs is 1. The highest BCUT2D eigenvalue weighted by molar-refractivity contribution is 6.30. The van der Waals surface area contributed by atoms with Crippen molar-refractivity contribution in [3.8, 4) is 0 Å². The smallest absolute Gasteiger partial charge is 0.0590 e. The standard InChI is InChI=1S/C13H18ClNO/c1-2-16-6-5-15-13-8-10-3-4-12(14)7-11(10)9-13/h3-4,7,13,15H,2,5-6,8-9H2,1H3. The Kier molecular flexibility index (Phi) is 4.22. The van der Waals surface area contributed by atoms with Crippen LogP contribution in [-0.2, 0) is 17.6 Å². The van der Waals surface area contributed by atoms with Gasteiger partial charge in [-0.05, 0) is 43.0 Å². The van der Waals surface area contributed by atoms with E-state index in [1.165, 1.54) is 11.1 Å². The van der Waals surface area contributed by atoms with Crippen LogP contribution in [0.2, 0.25) is 5.02 Å². The molecule has 16 heavy (non-hydrogen) atoms. The molecule has 1 atom stereocenters. The van der Waals surface area contributed by atoms with E-state index in [4.69, 9.17) is 16.3 Å². The molecule has 0 fully saturated rings. The van der Waals surface area contributed by atoms with Crippen LogP contribution < -0.4 is 5.32 Å². The third kappa shape index (κ3) is 2.97. The normalized spacial score (nSPS) is 18.8. The van der Waals surface area contributed by atoms with Crippen LogP contribution in [0.5, 0.6) is 0 Å². The van der Waals surface area contributed by atoms with Gasteiger partial charge in [0.15, 0.2) is 0 Å². The van der Waals surface area contributed by atoms with E-state index in [-0.39, 0.29) is 0 Å². The van der Waals surface area contributed by atoms with E-state index in [0.29, 0.717) is 6.04 Å². The Bertz CT molecular complexity index is 354. The van der Waals surface area contributed by atoms with E-state index in [2.05, 4.69) is 17.4 Å². The summed E-state index contributed by atoms with van der Waals surface area (Å²) < 4.78 is 5.31. The summed E-state index contributed by atoms with van der Waals surface area (Å²) in [5.41, 5.74) is 2.82. The number of hydrogen-bond donors (Lipinski definition) is 1. The lowest BCUT2D eigenvalue weighted by molar-refractivity contribution is 0.147. The van der Waals surface area contributed by atoms with Crippen molar-refractivity contribution in [2.45, 2.75) is 25.8 Å². The molecule has 0 aromatic heterocycles. The lowest BCUT2D eigenvalue weighted by Gasteiger charge is -2.11. The average Bonchev–Trinajstić information content (AvgIpc) is 2.66. The van der Waals surface area contributed by atoms with Crippen molar-refractivity contribution < 1.29 is 4.74 Å². The average molecular weight is 240 g/mol. The Morgan fingerprint density at radius 1 is 1.38 bits per heavy atom. The van der Waals surface area contributed by atoms with E-state index in [0.717, 1.165) is 37.6 Å². The van der Waals surface area contributed by atoms with Crippen LogP contribution in [0.25, 0.3) is 0 Å². The second-order valence-electron chi connectivity index (χ2n) is 4.17. The predicted molar refractivity (Wildman–Crippen MR) is 67.1 cm³/mol. The molecule has 3 heteroatoms. The first kappa shape index (κ1) is 11.9. The Balaban J connectivity index is 1.81. The van der Waals surface area contributed by atoms with E-state index < -0.39 is 0 Å². The van der Waals surface area contributed by atoms with Gasteiger partial charge in [-0.25, -0.2) is 0 Å². The first-order valence-electron chi connectivity index (χ1n) is 5.88. The van der Waals surface area contributed by atoms with Gasteiger partial charge in [-0.3, -0.25) is 0 Å². The first-order chi connectivity index (χ1) is 7.79. The predicted octanol–water partition coefficient (Wildman–Crippen LogP) is 2.43. The van der Waals surface area contributed by atoms with E-state index in [1.54, 1.807) is 0 Å². The summed E-state index contributed by atoms with van der Waals surface area (Å²) in [4.78, 5) is 0. The van der Waals surface area contributed by atoms with Crippen LogP contribution in [0, 0.1) is 0 Å². The summed E-state index contributed by atoms with van der Waals surface area (Å²) in [6.07, 6.45) is 2.20. The van der Waals surface area contributed by atoms with Crippen molar-refractivity contribution in [1.29, 1.82) is 0 Å². The molecule has 1 N–H and O–H groups in total. The number of rotatable bonds is 5. The molecule has 1 aliphatic carbocycles. The Morgan fingerprint density at radius 2 is 2.19 bits per heavy atom. The van der Waals surface area contributed by atoms with E-state index in [9.17, 15) is 0 Å². The number of benzene rings is 1. The lowest BCUT2D eigenvalue weighted by Crippen LogP contribution is -2.32. The zero-order chi connectivity index (χ0) is 11.4. The summed E-state index contributed by atoms with van der Waals surface area (Å²) in [5.74, 6) is 0. The summed E-state index contributed by atoms with van der Waals surface area (Å²) >= 11 is 5.98. The number of halogens is 1. The Labute approximate surface area is 102 Å². The summed E-state index contributed by atoms with van der Waals surface area (Å²) in [6, 6.07) is 6.75. The van der Waals surface area contributed by atoms with Gasteiger partial charge in [-0.1, -0.05) is 17.7 Å². The summed E-state index contributed by atoms with van der Waals surface area (Å²) in [6.45, 7) is 4.54. The molecule has 2 nitrogen and oxygen atoms in total. The highest BCUT2D eigenvalue weighted by Crippen LogP contribution is 2.25. The fraction of sp³-hybridized carbons (Fsp3) is 0.538. The van der Waals surface area contributed by atoms with Gasteiger partial charge in [0.1, 0.15) is 0 Å². The van der Waals surface area contributed by atoms with Gasteiger partial charge in [-0.2, -0.15) is 0 Å². The first-order valence-corrected chi connectivity index (χ1v) is 6.26. The molecule has 0 amide bonds. The third-order valence-electron chi connectivity index (χ3n) is 2.98. The van der Waals surface area contributed by atoms with Crippen LogP contribution >= 0.6 is 11.6 Å². The topological polar surface area (TPSA) is 21.3 Å². The molecule has 88 valence electrons. The second-order valence-corrected chi connectivity index (χ2v) is 4.61. The van der Waals surface area contributed by atoms with Gasteiger partial charge in [0, 0.05) is 24.2 Å². The molecule has 1 aliphatic rings. The maximum atomic E-state index is 5.98. The molecule has 2 rings (SSSR count). The second kappa shape index (κ2) is 5.67. The van der Waals surface area contributed by atoms with Crippen LogP contribution in [0.15, 0.2) is 18.2 Å². The molecule has 0 saturated heterocycles. The SMILES string of the molecule is CCOCCNC1Cc2ccc(Cl)cc2C1. The van der Waals surface area contributed by atoms with Crippen molar-refractivity contribution in [3.05, 3.63) is 34.3 Å². The van der Waals surface area contributed by atoms with Crippen LogP contribution in [0.4, 0.5) is 0 Å². The van der Waals surface area contributed by atoms with Crippen molar-refractivity contribution in [3.63, 3.8) is 0 Å². The Hall–Kier alpha value is -0.570. The van der Waals surface area contributed by atoms with Crippen LogP contribution in [0.3, 0.4) is 0 Å². The molecule has 0 saturated carbocycles. The molecule has 1 aromatic carbocycles. The van der Waals surface area contributed by atoms with Crippen molar-refractivity contribution in [1.82, 2.24) is 5.32 Å². The Morgan fingerprint density at radius 3 is 3.00 bits per heavy atom. The van der Waals surface area contributed by atoms with Crippen molar-refractivity contribution in [2.24, 2.45) is 0 Å². The monoisotopic (exact) mass is 239 g/mol. The third-order valence-corrected chi connectivity index (χ3v) is 3.22. The molecule has 0 heterocycles. The van der Waals surface area contributed by atoms with E-state index >= 15 is 0 Å². The molecule has 0 radical (unpaired) electrons. The maximum Gasteiger partial charge on any atom is 0.0590 e. The molecule has 1 unspecified atom stereocenters. The van der Waals surface area contributed by atoms with E-state index in [1.807, 2.05) is 13.0 Å². The largest absolute Gasteiger partial charge is 0.380 e. The van der Waals surface area contributed by atoms with Crippen LogP contribution in [0.1, 0.15) is 18.1 Å². The maximum absolute atomic E-state index is 5.98. The van der Waals surface area contributed by atoms with Crippen molar-refractivity contribution in [2.75, 3.05) is 19.8 Å². The minimum Gasteiger partial charge on any atom is -0.380 e. The highest BCUT2D eigenvalue weighted by atomic mass is 35.5. The molecule has 0 bridgehead atoms. The van der Waals surface area contributed by atoms with Gasteiger partial charge in [0.25, 0.3) is 0 Å². The van der Waals surface area contributed by atoms with Crippen molar-refractivity contribution >= 4 is 11.6 Å². The number of nitrogens with one attached hydrogen (secondary N) is 1. The fourth-order valence-electron chi connectivity index (χ4n) is 2.21. The molecular formula is C13H18ClNO. The fourth-order valence-corrected chi connectivity index (χ4v) is 2.41. The number of ether oxygens (including phenoxy) is 1. The molecule has 0 spiro atoms. The molecule has 0 aliphatic heterocycles. The quantitative estimate of drug-likeness (QED) is 0.797. The van der Waals surface area contributed by atoms with Gasteiger partial charge in [-0.15, -0.1) is 0 Å². The summed E-state index contributed by atoms with van der Waals surface area (Å²) in [5, 5.41) is 4.36. The zero-order valence-electron chi connectivity index (χ0n) is 9.63. The number of hydrogen-bond acceptors (Lipinski definition) is 2. The minimum absolute atomic E-state index is 0.550. The molecular weight excluding hydrogens is 222 g/mol. The van der Waals surface area contributed by atoms with Crippen LogP contribution in [-0.4, -0.2) is 25.8 Å².